The fraction of sp³-hybridized carbons (Fsp3) is 0.471. The van der Waals surface area contributed by atoms with Crippen LogP contribution < -0.4 is 0 Å². The van der Waals surface area contributed by atoms with Gasteiger partial charge in [-0.15, -0.1) is 11.3 Å². The van der Waals surface area contributed by atoms with Crippen LogP contribution in [0.15, 0.2) is 35.7 Å². The molecule has 1 aromatic carbocycles. The lowest BCUT2D eigenvalue weighted by Crippen LogP contribution is -2.44. The number of aliphatic hydroxyl groups excluding tert-OH is 1. The first-order valence-corrected chi connectivity index (χ1v) is 8.26. The molecular weight excluding hydrogens is 282 g/mol. The number of thiazole rings is 1. The van der Waals surface area contributed by atoms with E-state index < -0.39 is 11.7 Å². The molecule has 2 rings (SSSR count). The summed E-state index contributed by atoms with van der Waals surface area (Å²) in [6.45, 7) is 4.10. The van der Waals surface area contributed by atoms with E-state index in [4.69, 9.17) is 4.74 Å². The summed E-state index contributed by atoms with van der Waals surface area (Å²) in [5, 5.41) is 13.5. The highest BCUT2D eigenvalue weighted by Gasteiger charge is 2.35. The molecule has 0 radical (unpaired) electrons. The molecular formula is C17H23NO2S. The first-order valence-electron chi connectivity index (χ1n) is 7.38. The van der Waals surface area contributed by atoms with Crippen LogP contribution in [0.3, 0.4) is 0 Å². The third-order valence-corrected chi connectivity index (χ3v) is 5.07. The molecule has 1 heterocycles. The SMILES string of the molecule is CCC(CC)(OC)C(O)Cc1nc(-c2ccccc2)cs1. The average Bonchev–Trinajstić information content (AvgIpc) is 2.99. The van der Waals surface area contributed by atoms with Crippen LogP contribution in [0.4, 0.5) is 0 Å². The second-order valence-electron chi connectivity index (χ2n) is 5.19. The van der Waals surface area contributed by atoms with Crippen molar-refractivity contribution in [2.75, 3.05) is 7.11 Å². The number of hydrogen-bond donors (Lipinski definition) is 1. The standard InChI is InChI=1S/C17H23NO2S/c1-4-17(5-2,20-3)15(19)11-16-18-14(12-21-16)13-9-7-6-8-10-13/h6-10,12,15,19H,4-5,11H2,1-3H3. The maximum atomic E-state index is 10.5. The van der Waals surface area contributed by atoms with Gasteiger partial charge >= 0.3 is 0 Å². The van der Waals surface area contributed by atoms with Crippen LogP contribution in [0.25, 0.3) is 11.3 Å². The van der Waals surface area contributed by atoms with Crippen LogP contribution in [0, 0.1) is 0 Å². The summed E-state index contributed by atoms with van der Waals surface area (Å²) in [4.78, 5) is 4.64. The van der Waals surface area contributed by atoms with E-state index in [1.807, 2.05) is 49.6 Å². The van der Waals surface area contributed by atoms with Gasteiger partial charge in [0.1, 0.15) is 0 Å². The van der Waals surface area contributed by atoms with Crippen molar-refractivity contribution in [1.82, 2.24) is 4.98 Å². The van der Waals surface area contributed by atoms with E-state index in [1.165, 1.54) is 0 Å². The molecule has 0 saturated heterocycles. The third kappa shape index (κ3) is 3.51. The Labute approximate surface area is 130 Å². The fourth-order valence-electron chi connectivity index (χ4n) is 2.64. The Hall–Kier alpha value is -1.23. The molecule has 1 aromatic heterocycles. The molecule has 0 amide bonds. The number of nitrogens with zero attached hydrogens (tertiary/aromatic N) is 1. The van der Waals surface area contributed by atoms with Gasteiger partial charge in [0.2, 0.25) is 0 Å². The zero-order valence-electron chi connectivity index (χ0n) is 12.9. The first-order chi connectivity index (χ1) is 10.1. The Morgan fingerprint density at radius 1 is 1.24 bits per heavy atom. The van der Waals surface area contributed by atoms with Crippen molar-refractivity contribution in [3.05, 3.63) is 40.7 Å². The van der Waals surface area contributed by atoms with E-state index in [2.05, 4.69) is 4.98 Å². The largest absolute Gasteiger partial charge is 0.390 e. The molecule has 0 aliphatic carbocycles. The van der Waals surface area contributed by atoms with E-state index in [-0.39, 0.29) is 0 Å². The third-order valence-electron chi connectivity index (χ3n) is 4.20. The summed E-state index contributed by atoms with van der Waals surface area (Å²) < 4.78 is 5.59. The van der Waals surface area contributed by atoms with Crippen molar-refractivity contribution < 1.29 is 9.84 Å². The topological polar surface area (TPSA) is 42.4 Å². The molecule has 0 fully saturated rings. The fourth-order valence-corrected chi connectivity index (χ4v) is 3.49. The lowest BCUT2D eigenvalue weighted by Gasteiger charge is -2.34. The molecule has 1 unspecified atom stereocenters. The van der Waals surface area contributed by atoms with Crippen LogP contribution in [-0.2, 0) is 11.2 Å². The molecule has 3 nitrogen and oxygen atoms in total. The smallest absolute Gasteiger partial charge is 0.0959 e. The molecule has 21 heavy (non-hydrogen) atoms. The summed E-state index contributed by atoms with van der Waals surface area (Å²) in [6, 6.07) is 10.1. The van der Waals surface area contributed by atoms with E-state index >= 15 is 0 Å². The van der Waals surface area contributed by atoms with Gasteiger partial charge in [0.25, 0.3) is 0 Å². The van der Waals surface area contributed by atoms with E-state index in [9.17, 15) is 5.11 Å². The Morgan fingerprint density at radius 2 is 1.90 bits per heavy atom. The van der Waals surface area contributed by atoms with Gasteiger partial charge in [-0.1, -0.05) is 44.2 Å². The Morgan fingerprint density at radius 3 is 2.48 bits per heavy atom. The lowest BCUT2D eigenvalue weighted by molar-refractivity contribution is -0.106. The Bertz CT molecular complexity index is 541. The van der Waals surface area contributed by atoms with Crippen LogP contribution in [0.2, 0.25) is 0 Å². The van der Waals surface area contributed by atoms with E-state index in [0.29, 0.717) is 6.42 Å². The maximum Gasteiger partial charge on any atom is 0.0959 e. The van der Waals surface area contributed by atoms with E-state index in [0.717, 1.165) is 29.1 Å². The van der Waals surface area contributed by atoms with Gasteiger partial charge in [-0.05, 0) is 12.8 Å². The van der Waals surface area contributed by atoms with Crippen LogP contribution in [0.5, 0.6) is 0 Å². The number of rotatable bonds is 7. The van der Waals surface area contributed by atoms with Gasteiger partial charge in [-0.3, -0.25) is 0 Å². The first kappa shape index (κ1) is 16.1. The zero-order valence-corrected chi connectivity index (χ0v) is 13.7. The molecule has 2 aromatic rings. The van der Waals surface area contributed by atoms with Gasteiger partial charge in [0.15, 0.2) is 0 Å². The molecule has 0 aliphatic heterocycles. The highest BCUT2D eigenvalue weighted by Crippen LogP contribution is 2.28. The van der Waals surface area contributed by atoms with Crippen molar-refractivity contribution in [3.63, 3.8) is 0 Å². The van der Waals surface area contributed by atoms with Crippen LogP contribution in [-0.4, -0.2) is 28.9 Å². The molecule has 0 spiro atoms. The number of aromatic nitrogens is 1. The Balaban J connectivity index is 2.12. The summed E-state index contributed by atoms with van der Waals surface area (Å²) >= 11 is 1.59. The minimum Gasteiger partial charge on any atom is -0.390 e. The predicted molar refractivity (Wildman–Crippen MR) is 87.6 cm³/mol. The van der Waals surface area contributed by atoms with Gasteiger partial charge in [-0.25, -0.2) is 4.98 Å². The minimum atomic E-state index is -0.535. The number of ether oxygens (including phenoxy) is 1. The lowest BCUT2D eigenvalue weighted by atomic mass is 9.88. The van der Waals surface area contributed by atoms with Crippen LogP contribution in [0.1, 0.15) is 31.7 Å². The van der Waals surface area contributed by atoms with Gasteiger partial charge < -0.3 is 9.84 Å². The number of benzene rings is 1. The minimum absolute atomic E-state index is 0.474. The zero-order chi connectivity index (χ0) is 15.3. The normalized spacial score (nSPS) is 13.3. The molecule has 1 N–H and O–H groups in total. The molecule has 0 aliphatic rings. The molecule has 114 valence electrons. The van der Waals surface area contributed by atoms with Crippen molar-refractivity contribution in [2.24, 2.45) is 0 Å². The van der Waals surface area contributed by atoms with E-state index in [1.54, 1.807) is 18.4 Å². The molecule has 4 heteroatoms. The highest BCUT2D eigenvalue weighted by molar-refractivity contribution is 7.09. The summed E-state index contributed by atoms with van der Waals surface area (Å²) in [5.41, 5.74) is 1.61. The number of hydrogen-bond acceptors (Lipinski definition) is 4. The second kappa shape index (κ2) is 7.16. The predicted octanol–water partition coefficient (Wildman–Crippen LogP) is 3.92. The maximum absolute atomic E-state index is 10.5. The quantitative estimate of drug-likeness (QED) is 0.843. The molecule has 1 atom stereocenters. The monoisotopic (exact) mass is 305 g/mol. The van der Waals surface area contributed by atoms with Crippen molar-refractivity contribution in [3.8, 4) is 11.3 Å². The van der Waals surface area contributed by atoms with Crippen molar-refractivity contribution >= 4 is 11.3 Å². The second-order valence-corrected chi connectivity index (χ2v) is 6.13. The van der Waals surface area contributed by atoms with Crippen molar-refractivity contribution in [2.45, 2.75) is 44.8 Å². The highest BCUT2D eigenvalue weighted by atomic mass is 32.1. The summed E-state index contributed by atoms with van der Waals surface area (Å²) in [6.07, 6.45) is 1.58. The number of methoxy groups -OCH3 is 1. The van der Waals surface area contributed by atoms with Crippen LogP contribution >= 0.6 is 11.3 Å². The van der Waals surface area contributed by atoms with Gasteiger partial charge in [0.05, 0.1) is 22.4 Å². The molecule has 0 bridgehead atoms. The Kier molecular flexibility index (Phi) is 5.51. The molecule has 0 saturated carbocycles. The number of aliphatic hydroxyl groups is 1. The summed E-state index contributed by atoms with van der Waals surface area (Å²) in [5.74, 6) is 0. The summed E-state index contributed by atoms with van der Waals surface area (Å²) in [7, 11) is 1.67. The average molecular weight is 305 g/mol. The van der Waals surface area contributed by atoms with Crippen molar-refractivity contribution in [1.29, 1.82) is 0 Å². The van der Waals surface area contributed by atoms with Gasteiger partial charge in [0, 0.05) is 24.5 Å². The van der Waals surface area contributed by atoms with Gasteiger partial charge in [-0.2, -0.15) is 0 Å².